The molecule has 1 atom stereocenters. The lowest BCUT2D eigenvalue weighted by Crippen LogP contribution is -2.38. The SMILES string of the molecule is NC(=O)[C@H](NS(=O)(=O)c1c(F)cccc1F)c1ccccc1. The van der Waals surface area contributed by atoms with E-state index in [2.05, 4.69) is 0 Å². The van der Waals surface area contributed by atoms with Crippen molar-refractivity contribution in [3.8, 4) is 0 Å². The zero-order valence-corrected chi connectivity index (χ0v) is 12.0. The minimum absolute atomic E-state index is 0.260. The van der Waals surface area contributed by atoms with E-state index in [4.69, 9.17) is 5.73 Å². The van der Waals surface area contributed by atoms with Crippen molar-refractivity contribution >= 4 is 15.9 Å². The van der Waals surface area contributed by atoms with E-state index < -0.39 is 38.5 Å². The van der Waals surface area contributed by atoms with Gasteiger partial charge in [0.15, 0.2) is 4.90 Å². The Kier molecular flexibility index (Phi) is 4.53. The smallest absolute Gasteiger partial charge is 0.247 e. The molecule has 0 unspecified atom stereocenters. The molecule has 22 heavy (non-hydrogen) atoms. The lowest BCUT2D eigenvalue weighted by molar-refractivity contribution is -0.119. The topological polar surface area (TPSA) is 89.3 Å². The number of benzene rings is 2. The van der Waals surface area contributed by atoms with Gasteiger partial charge in [-0.2, -0.15) is 4.72 Å². The lowest BCUT2D eigenvalue weighted by atomic mass is 10.1. The number of hydrogen-bond acceptors (Lipinski definition) is 3. The molecular weight excluding hydrogens is 314 g/mol. The molecule has 0 aliphatic heterocycles. The van der Waals surface area contributed by atoms with E-state index >= 15 is 0 Å². The largest absolute Gasteiger partial charge is 0.368 e. The summed E-state index contributed by atoms with van der Waals surface area (Å²) in [5.74, 6) is -3.51. The number of carbonyl (C=O) groups is 1. The highest BCUT2D eigenvalue weighted by Crippen LogP contribution is 2.21. The van der Waals surface area contributed by atoms with Crippen LogP contribution in [-0.2, 0) is 14.8 Å². The van der Waals surface area contributed by atoms with Gasteiger partial charge in [-0.1, -0.05) is 36.4 Å². The first-order valence-corrected chi connectivity index (χ1v) is 7.62. The van der Waals surface area contributed by atoms with Crippen LogP contribution in [0.4, 0.5) is 8.78 Å². The van der Waals surface area contributed by atoms with E-state index in [1.807, 2.05) is 4.72 Å². The van der Waals surface area contributed by atoms with Gasteiger partial charge in [0.2, 0.25) is 15.9 Å². The molecule has 3 N–H and O–H groups in total. The molecule has 0 aromatic heterocycles. The summed E-state index contributed by atoms with van der Waals surface area (Å²) in [7, 11) is -4.61. The predicted molar refractivity (Wildman–Crippen MR) is 75.1 cm³/mol. The average Bonchev–Trinajstić information content (AvgIpc) is 2.45. The van der Waals surface area contributed by atoms with Crippen molar-refractivity contribution in [1.82, 2.24) is 4.72 Å². The first-order valence-electron chi connectivity index (χ1n) is 6.13. The molecule has 0 aliphatic rings. The highest BCUT2D eigenvalue weighted by molar-refractivity contribution is 7.89. The molecule has 8 heteroatoms. The van der Waals surface area contributed by atoms with Crippen LogP contribution in [-0.4, -0.2) is 14.3 Å². The highest BCUT2D eigenvalue weighted by atomic mass is 32.2. The van der Waals surface area contributed by atoms with Crippen molar-refractivity contribution in [2.75, 3.05) is 0 Å². The molecule has 0 aliphatic carbocycles. The van der Waals surface area contributed by atoms with Crippen molar-refractivity contribution in [1.29, 1.82) is 0 Å². The number of halogens is 2. The number of hydrogen-bond donors (Lipinski definition) is 2. The third-order valence-electron chi connectivity index (χ3n) is 2.88. The molecule has 2 aromatic rings. The summed E-state index contributed by atoms with van der Waals surface area (Å²) >= 11 is 0. The van der Waals surface area contributed by atoms with Crippen molar-refractivity contribution in [2.45, 2.75) is 10.9 Å². The van der Waals surface area contributed by atoms with E-state index in [0.717, 1.165) is 18.2 Å². The standard InChI is InChI=1S/C14H12F2N2O3S/c15-10-7-4-8-11(16)13(10)22(20,21)18-12(14(17)19)9-5-2-1-3-6-9/h1-8,12,18H,(H2,17,19)/t12-/m1/s1. The zero-order valence-electron chi connectivity index (χ0n) is 11.2. The van der Waals surface area contributed by atoms with Crippen LogP contribution in [0.1, 0.15) is 11.6 Å². The monoisotopic (exact) mass is 326 g/mol. The van der Waals surface area contributed by atoms with Gasteiger partial charge in [-0.15, -0.1) is 0 Å². The van der Waals surface area contributed by atoms with Gasteiger partial charge >= 0.3 is 0 Å². The predicted octanol–water partition coefficient (Wildman–Crippen LogP) is 1.47. The summed E-state index contributed by atoms with van der Waals surface area (Å²) < 4.78 is 53.5. The molecule has 0 heterocycles. The highest BCUT2D eigenvalue weighted by Gasteiger charge is 2.29. The molecule has 2 rings (SSSR count). The van der Waals surface area contributed by atoms with E-state index in [0.29, 0.717) is 0 Å². The zero-order chi connectivity index (χ0) is 16.3. The van der Waals surface area contributed by atoms with E-state index in [1.54, 1.807) is 18.2 Å². The van der Waals surface area contributed by atoms with Gasteiger partial charge in [0.1, 0.15) is 17.7 Å². The Bertz CT molecular complexity index is 775. The number of primary amides is 1. The average molecular weight is 326 g/mol. The Balaban J connectivity index is 2.44. The minimum Gasteiger partial charge on any atom is -0.368 e. The maximum Gasteiger partial charge on any atom is 0.247 e. The Morgan fingerprint density at radius 2 is 1.55 bits per heavy atom. The van der Waals surface area contributed by atoms with Crippen molar-refractivity contribution in [3.05, 3.63) is 65.7 Å². The van der Waals surface area contributed by atoms with Crippen LogP contribution in [0.3, 0.4) is 0 Å². The van der Waals surface area contributed by atoms with Gasteiger partial charge in [-0.25, -0.2) is 17.2 Å². The van der Waals surface area contributed by atoms with Crippen LogP contribution in [0.15, 0.2) is 53.4 Å². The van der Waals surface area contributed by atoms with Crippen molar-refractivity contribution in [2.24, 2.45) is 5.73 Å². The second kappa shape index (κ2) is 6.20. The maximum atomic E-state index is 13.6. The number of nitrogens with one attached hydrogen (secondary N) is 1. The third-order valence-corrected chi connectivity index (χ3v) is 4.35. The summed E-state index contributed by atoms with van der Waals surface area (Å²) in [6.45, 7) is 0. The Labute approximate surface area is 125 Å². The van der Waals surface area contributed by atoms with E-state index in [-0.39, 0.29) is 5.56 Å². The molecule has 5 nitrogen and oxygen atoms in total. The molecule has 0 radical (unpaired) electrons. The molecule has 0 fully saturated rings. The third kappa shape index (κ3) is 3.29. The van der Waals surface area contributed by atoms with Crippen LogP contribution >= 0.6 is 0 Å². The quantitative estimate of drug-likeness (QED) is 0.872. The number of carbonyl (C=O) groups excluding carboxylic acids is 1. The molecule has 116 valence electrons. The summed E-state index contributed by atoms with van der Waals surface area (Å²) in [6, 6.07) is 8.95. The molecule has 0 spiro atoms. The Hall–Kier alpha value is -2.32. The molecule has 0 saturated carbocycles. The molecule has 0 saturated heterocycles. The first-order chi connectivity index (χ1) is 10.3. The number of sulfonamides is 1. The Morgan fingerprint density at radius 1 is 1.00 bits per heavy atom. The van der Waals surface area contributed by atoms with E-state index in [1.165, 1.54) is 12.1 Å². The number of amides is 1. The summed E-state index contributed by atoms with van der Waals surface area (Å²) in [6.07, 6.45) is 0. The van der Waals surface area contributed by atoms with Crippen LogP contribution in [0.5, 0.6) is 0 Å². The minimum atomic E-state index is -4.61. The maximum absolute atomic E-state index is 13.6. The van der Waals surface area contributed by atoms with Crippen LogP contribution in [0.2, 0.25) is 0 Å². The summed E-state index contributed by atoms with van der Waals surface area (Å²) in [5.41, 5.74) is 5.44. The first kappa shape index (κ1) is 16.1. The fourth-order valence-corrected chi connectivity index (χ4v) is 3.22. The Morgan fingerprint density at radius 3 is 2.05 bits per heavy atom. The van der Waals surface area contributed by atoms with Gasteiger partial charge in [-0.05, 0) is 17.7 Å². The van der Waals surface area contributed by atoms with Crippen LogP contribution < -0.4 is 10.5 Å². The molecular formula is C14H12F2N2O3S. The summed E-state index contributed by atoms with van der Waals surface area (Å²) in [5, 5.41) is 0. The van der Waals surface area contributed by atoms with Crippen LogP contribution in [0.25, 0.3) is 0 Å². The van der Waals surface area contributed by atoms with Crippen LogP contribution in [0, 0.1) is 11.6 Å². The van der Waals surface area contributed by atoms with Gasteiger partial charge < -0.3 is 5.73 Å². The van der Waals surface area contributed by atoms with Gasteiger partial charge in [-0.3, -0.25) is 4.79 Å². The van der Waals surface area contributed by atoms with Crippen molar-refractivity contribution in [3.63, 3.8) is 0 Å². The molecule has 0 bridgehead atoms. The molecule has 1 amide bonds. The second-order valence-corrected chi connectivity index (χ2v) is 6.07. The van der Waals surface area contributed by atoms with Gasteiger partial charge in [0.05, 0.1) is 0 Å². The second-order valence-electron chi connectivity index (χ2n) is 4.42. The lowest BCUT2D eigenvalue weighted by Gasteiger charge is -2.16. The fourth-order valence-electron chi connectivity index (χ4n) is 1.89. The van der Waals surface area contributed by atoms with Gasteiger partial charge in [0.25, 0.3) is 0 Å². The summed E-state index contributed by atoms with van der Waals surface area (Å²) in [4.78, 5) is 10.3. The number of rotatable bonds is 5. The van der Waals surface area contributed by atoms with Gasteiger partial charge in [0, 0.05) is 0 Å². The van der Waals surface area contributed by atoms with E-state index in [9.17, 15) is 22.0 Å². The fraction of sp³-hybridized carbons (Fsp3) is 0.0714. The van der Waals surface area contributed by atoms with Crippen molar-refractivity contribution < 1.29 is 22.0 Å². The normalized spacial score (nSPS) is 12.8. The number of nitrogens with two attached hydrogens (primary N) is 1. The molecule has 2 aromatic carbocycles.